The first kappa shape index (κ1) is 14.3. The Kier molecular flexibility index (Phi) is 3.86. The van der Waals surface area contributed by atoms with E-state index in [1.165, 1.54) is 0 Å². The van der Waals surface area contributed by atoms with Crippen LogP contribution in [0.5, 0.6) is 0 Å². The van der Waals surface area contributed by atoms with Crippen molar-refractivity contribution in [2.75, 3.05) is 0 Å². The van der Waals surface area contributed by atoms with E-state index < -0.39 is 11.1 Å². The SMILES string of the molecule is O=c1[nH]c2ccc(C(Cl)c3ccccc3I)cc2[nH]c1=O. The molecule has 0 fully saturated rings. The van der Waals surface area contributed by atoms with Gasteiger partial charge in [-0.2, -0.15) is 0 Å². The summed E-state index contributed by atoms with van der Waals surface area (Å²) >= 11 is 8.78. The molecule has 4 nitrogen and oxygen atoms in total. The van der Waals surface area contributed by atoms with Gasteiger partial charge in [-0.15, -0.1) is 11.6 Å². The lowest BCUT2D eigenvalue weighted by Crippen LogP contribution is -2.28. The summed E-state index contributed by atoms with van der Waals surface area (Å²) in [6.07, 6.45) is 0. The minimum absolute atomic E-state index is 0.321. The number of benzene rings is 2. The molecule has 3 rings (SSSR count). The van der Waals surface area contributed by atoms with Crippen LogP contribution in [0.2, 0.25) is 0 Å². The highest BCUT2D eigenvalue weighted by Gasteiger charge is 2.14. The van der Waals surface area contributed by atoms with Crippen LogP contribution in [0.4, 0.5) is 0 Å². The van der Waals surface area contributed by atoms with Gasteiger partial charge in [0.25, 0.3) is 0 Å². The summed E-state index contributed by atoms with van der Waals surface area (Å²) in [6.45, 7) is 0. The third-order valence-electron chi connectivity index (χ3n) is 3.22. The van der Waals surface area contributed by atoms with E-state index in [0.29, 0.717) is 11.0 Å². The molecule has 0 aliphatic carbocycles. The van der Waals surface area contributed by atoms with Crippen LogP contribution in [0.15, 0.2) is 52.1 Å². The molecule has 0 amide bonds. The van der Waals surface area contributed by atoms with Crippen molar-refractivity contribution in [2.24, 2.45) is 0 Å². The summed E-state index contributed by atoms with van der Waals surface area (Å²) in [4.78, 5) is 27.8. The maximum absolute atomic E-state index is 11.4. The molecule has 0 radical (unpaired) electrons. The molecular formula is C15H10ClIN2O2. The lowest BCUT2D eigenvalue weighted by molar-refractivity contribution is 1.11. The molecule has 0 aliphatic heterocycles. The Hall–Kier alpha value is -1.60. The van der Waals surface area contributed by atoms with E-state index in [1.54, 1.807) is 12.1 Å². The predicted octanol–water partition coefficient (Wildman–Crippen LogP) is 3.15. The Morgan fingerprint density at radius 3 is 2.33 bits per heavy atom. The fourth-order valence-electron chi connectivity index (χ4n) is 2.15. The van der Waals surface area contributed by atoms with E-state index in [4.69, 9.17) is 11.6 Å². The second-order valence-electron chi connectivity index (χ2n) is 4.60. The monoisotopic (exact) mass is 412 g/mol. The van der Waals surface area contributed by atoms with Crippen molar-refractivity contribution in [3.8, 4) is 0 Å². The van der Waals surface area contributed by atoms with Crippen molar-refractivity contribution in [1.29, 1.82) is 0 Å². The Morgan fingerprint density at radius 1 is 0.952 bits per heavy atom. The molecule has 0 saturated heterocycles. The number of alkyl halides is 1. The first-order valence-corrected chi connectivity index (χ1v) is 7.72. The normalized spacial score (nSPS) is 12.5. The zero-order valence-electron chi connectivity index (χ0n) is 10.7. The number of rotatable bonds is 2. The van der Waals surface area contributed by atoms with Gasteiger partial charge in [0.1, 0.15) is 0 Å². The summed E-state index contributed by atoms with van der Waals surface area (Å²) in [6, 6.07) is 13.2. The predicted molar refractivity (Wildman–Crippen MR) is 92.0 cm³/mol. The van der Waals surface area contributed by atoms with Gasteiger partial charge in [0.2, 0.25) is 0 Å². The van der Waals surface area contributed by atoms with E-state index >= 15 is 0 Å². The van der Waals surface area contributed by atoms with Gasteiger partial charge in [0.15, 0.2) is 0 Å². The molecule has 0 saturated carbocycles. The summed E-state index contributed by atoms with van der Waals surface area (Å²) < 4.78 is 1.07. The number of aromatic nitrogens is 2. The number of hydrogen-bond donors (Lipinski definition) is 2. The van der Waals surface area contributed by atoms with Crippen molar-refractivity contribution in [1.82, 2.24) is 9.97 Å². The van der Waals surface area contributed by atoms with Crippen LogP contribution in [0.1, 0.15) is 16.5 Å². The summed E-state index contributed by atoms with van der Waals surface area (Å²) in [7, 11) is 0. The molecule has 1 heterocycles. The van der Waals surface area contributed by atoms with Gasteiger partial charge in [0.05, 0.1) is 16.4 Å². The third-order valence-corrected chi connectivity index (χ3v) is 4.69. The molecule has 0 bridgehead atoms. The molecule has 1 aromatic heterocycles. The second kappa shape index (κ2) is 5.65. The van der Waals surface area contributed by atoms with Crippen molar-refractivity contribution >= 4 is 45.2 Å². The standard InChI is InChI=1S/C15H10ClIN2O2/c16-13(9-3-1-2-4-10(9)17)8-5-6-11-12(7-8)19-15(21)14(20)18-11/h1-7,13H,(H,18,20)(H,19,21). The second-order valence-corrected chi connectivity index (χ2v) is 6.20. The van der Waals surface area contributed by atoms with Gasteiger partial charge in [-0.05, 0) is 51.9 Å². The minimum Gasteiger partial charge on any atom is -0.316 e. The fraction of sp³-hybridized carbons (Fsp3) is 0.0667. The number of H-pyrrole nitrogens is 2. The third kappa shape index (κ3) is 2.75. The van der Waals surface area contributed by atoms with Gasteiger partial charge >= 0.3 is 11.1 Å². The van der Waals surface area contributed by atoms with Crippen molar-refractivity contribution in [2.45, 2.75) is 5.38 Å². The van der Waals surface area contributed by atoms with Gasteiger partial charge in [-0.25, -0.2) is 0 Å². The number of aromatic amines is 2. The Morgan fingerprint density at radius 2 is 1.62 bits per heavy atom. The van der Waals surface area contributed by atoms with Crippen LogP contribution in [0.25, 0.3) is 11.0 Å². The topological polar surface area (TPSA) is 65.7 Å². The van der Waals surface area contributed by atoms with Gasteiger partial charge in [-0.1, -0.05) is 24.3 Å². The first-order valence-electron chi connectivity index (χ1n) is 6.21. The fourth-order valence-corrected chi connectivity index (χ4v) is 3.36. The lowest BCUT2D eigenvalue weighted by Gasteiger charge is -2.13. The number of nitrogens with one attached hydrogen (secondary N) is 2. The highest BCUT2D eigenvalue weighted by molar-refractivity contribution is 14.1. The molecule has 0 spiro atoms. The number of fused-ring (bicyclic) bond motifs is 1. The average Bonchev–Trinajstić information content (AvgIpc) is 2.48. The molecule has 6 heteroatoms. The molecule has 1 unspecified atom stereocenters. The molecule has 21 heavy (non-hydrogen) atoms. The lowest BCUT2D eigenvalue weighted by atomic mass is 10.0. The molecule has 2 N–H and O–H groups in total. The van der Waals surface area contributed by atoms with Crippen LogP contribution < -0.4 is 11.1 Å². The van der Waals surface area contributed by atoms with Crippen LogP contribution in [-0.2, 0) is 0 Å². The van der Waals surface area contributed by atoms with E-state index in [0.717, 1.165) is 14.7 Å². The van der Waals surface area contributed by atoms with Crippen molar-refractivity contribution in [3.05, 3.63) is 77.9 Å². The molecule has 2 aromatic carbocycles. The zero-order valence-corrected chi connectivity index (χ0v) is 13.6. The summed E-state index contributed by atoms with van der Waals surface area (Å²) in [5.74, 6) is 0. The van der Waals surface area contributed by atoms with Crippen LogP contribution >= 0.6 is 34.2 Å². The number of hydrogen-bond acceptors (Lipinski definition) is 2. The minimum atomic E-state index is -0.667. The smallest absolute Gasteiger partial charge is 0.314 e. The van der Waals surface area contributed by atoms with Crippen molar-refractivity contribution < 1.29 is 0 Å². The van der Waals surface area contributed by atoms with Crippen LogP contribution in [0, 0.1) is 3.57 Å². The maximum Gasteiger partial charge on any atom is 0.314 e. The molecule has 3 aromatic rings. The van der Waals surface area contributed by atoms with E-state index in [1.807, 2.05) is 30.3 Å². The van der Waals surface area contributed by atoms with Gasteiger partial charge in [0, 0.05) is 3.57 Å². The Bertz CT molecular complexity index is 933. The molecule has 106 valence electrons. The molecule has 0 aliphatic rings. The number of halogens is 2. The van der Waals surface area contributed by atoms with Gasteiger partial charge in [-0.3, -0.25) is 9.59 Å². The summed E-state index contributed by atoms with van der Waals surface area (Å²) in [5, 5.41) is -0.321. The highest BCUT2D eigenvalue weighted by Crippen LogP contribution is 2.32. The molecular weight excluding hydrogens is 403 g/mol. The Balaban J connectivity index is 2.13. The Labute approximate surface area is 138 Å². The van der Waals surface area contributed by atoms with E-state index in [-0.39, 0.29) is 5.38 Å². The van der Waals surface area contributed by atoms with Crippen molar-refractivity contribution in [3.63, 3.8) is 0 Å². The summed E-state index contributed by atoms with van der Waals surface area (Å²) in [5.41, 5.74) is 1.68. The van der Waals surface area contributed by atoms with E-state index in [9.17, 15) is 9.59 Å². The van der Waals surface area contributed by atoms with Gasteiger partial charge < -0.3 is 9.97 Å². The highest BCUT2D eigenvalue weighted by atomic mass is 127. The largest absolute Gasteiger partial charge is 0.316 e. The van der Waals surface area contributed by atoms with Crippen LogP contribution in [0.3, 0.4) is 0 Å². The molecule has 1 atom stereocenters. The van der Waals surface area contributed by atoms with Crippen LogP contribution in [-0.4, -0.2) is 9.97 Å². The quantitative estimate of drug-likeness (QED) is 0.386. The van der Waals surface area contributed by atoms with E-state index in [2.05, 4.69) is 32.6 Å². The zero-order chi connectivity index (χ0) is 15.0. The first-order chi connectivity index (χ1) is 10.1. The average molecular weight is 413 g/mol. The maximum atomic E-state index is 11.4.